The average molecular weight is 829 g/mol. The van der Waals surface area contributed by atoms with Gasteiger partial charge >= 0.3 is 24.7 Å². The third-order valence-electron chi connectivity index (χ3n) is 10.6. The van der Waals surface area contributed by atoms with E-state index in [-0.39, 0.29) is 12.5 Å². The van der Waals surface area contributed by atoms with Gasteiger partial charge < -0.3 is 11.5 Å². The SMILES string of the molecule is Nc1ccc(-c2ccc(N3C(=O)C4CC(C3=O)C3C(=O)N(c5ccc(-c6ccc(N)cc6C(F)(F)F)c(C(F)(F)F)c5)C(=O)CC43)cc2C(F)(F)F)c(C(F)(F)F)c1. The second-order valence-corrected chi connectivity index (χ2v) is 14.0. The van der Waals surface area contributed by atoms with Crippen LogP contribution in [0.3, 0.4) is 0 Å². The molecule has 304 valence electrons. The van der Waals surface area contributed by atoms with Gasteiger partial charge in [0.15, 0.2) is 0 Å². The molecule has 2 heterocycles. The highest BCUT2D eigenvalue weighted by molar-refractivity contribution is 6.24. The molecule has 0 spiro atoms. The largest absolute Gasteiger partial charge is 0.417 e. The summed E-state index contributed by atoms with van der Waals surface area (Å²) in [6.45, 7) is 0. The first kappa shape index (κ1) is 40.1. The van der Waals surface area contributed by atoms with Crippen molar-refractivity contribution in [3.63, 3.8) is 0 Å². The maximum Gasteiger partial charge on any atom is 0.417 e. The van der Waals surface area contributed by atoms with Gasteiger partial charge in [-0.15, -0.1) is 0 Å². The van der Waals surface area contributed by atoms with Crippen LogP contribution in [0.1, 0.15) is 35.1 Å². The zero-order valence-electron chi connectivity index (χ0n) is 28.9. The molecule has 0 radical (unpaired) electrons. The van der Waals surface area contributed by atoms with E-state index in [9.17, 15) is 71.9 Å². The van der Waals surface area contributed by atoms with Gasteiger partial charge in [0.05, 0.1) is 45.5 Å². The summed E-state index contributed by atoms with van der Waals surface area (Å²) in [4.78, 5) is 56.0. The molecule has 4 atom stereocenters. The zero-order chi connectivity index (χ0) is 42.6. The standard InChI is InChI=1S/C38H24F12N4O4/c39-35(40,41)26-9-15(51)1-5-19(26)21-7-3-17(11-28(21)37(45,46)47)53-30(55)14-23-24-13-25(31(23)34(53)58)33(57)54(32(24)56)18-4-8-22(29(12-18)38(48,49)50)20-6-2-16(52)10-27(20)36(42,43)44/h1-12,23-25,31H,13-14,51-52H2. The fourth-order valence-electron chi connectivity index (χ4n) is 8.18. The van der Waals surface area contributed by atoms with Crippen molar-refractivity contribution in [1.82, 2.24) is 0 Å². The molecule has 20 heteroatoms. The molecule has 3 fully saturated rings. The van der Waals surface area contributed by atoms with Gasteiger partial charge in [-0.2, -0.15) is 52.7 Å². The lowest BCUT2D eigenvalue weighted by atomic mass is 9.80. The van der Waals surface area contributed by atoms with Crippen LogP contribution in [0.5, 0.6) is 0 Å². The number of nitrogen functional groups attached to an aromatic ring is 2. The van der Waals surface area contributed by atoms with E-state index in [0.717, 1.165) is 36.4 Å². The second-order valence-electron chi connectivity index (χ2n) is 14.0. The molecule has 4 unspecified atom stereocenters. The second kappa shape index (κ2) is 13.2. The van der Waals surface area contributed by atoms with Gasteiger partial charge in [-0.05, 0) is 83.1 Å². The van der Waals surface area contributed by atoms with Gasteiger partial charge in [0.2, 0.25) is 23.6 Å². The molecule has 0 aromatic heterocycles. The van der Waals surface area contributed by atoms with Gasteiger partial charge in [0.25, 0.3) is 0 Å². The summed E-state index contributed by atoms with van der Waals surface area (Å²) in [5, 5.41) is 0. The van der Waals surface area contributed by atoms with E-state index < -0.39 is 146 Å². The van der Waals surface area contributed by atoms with Crippen LogP contribution in [0.2, 0.25) is 0 Å². The molecule has 2 aliphatic heterocycles. The van der Waals surface area contributed by atoms with Gasteiger partial charge in [0, 0.05) is 23.7 Å². The van der Waals surface area contributed by atoms with Crippen molar-refractivity contribution in [2.45, 2.75) is 37.5 Å². The van der Waals surface area contributed by atoms with Crippen LogP contribution in [0.15, 0.2) is 72.8 Å². The van der Waals surface area contributed by atoms with E-state index in [1.807, 2.05) is 0 Å². The maximum atomic E-state index is 14.5. The van der Waals surface area contributed by atoms with Crippen LogP contribution in [0, 0.1) is 23.7 Å². The van der Waals surface area contributed by atoms with Gasteiger partial charge in [-0.3, -0.25) is 29.0 Å². The Kier molecular flexibility index (Phi) is 9.16. The lowest BCUT2D eigenvalue weighted by Crippen LogP contribution is -2.51. The summed E-state index contributed by atoms with van der Waals surface area (Å²) >= 11 is 0. The summed E-state index contributed by atoms with van der Waals surface area (Å²) in [6.07, 6.45) is -22.1. The van der Waals surface area contributed by atoms with Crippen molar-refractivity contribution < 1.29 is 71.9 Å². The van der Waals surface area contributed by atoms with Crippen molar-refractivity contribution in [3.8, 4) is 22.3 Å². The number of imide groups is 2. The third-order valence-corrected chi connectivity index (χ3v) is 10.6. The molecule has 2 saturated heterocycles. The fourth-order valence-corrected chi connectivity index (χ4v) is 8.18. The van der Waals surface area contributed by atoms with Crippen molar-refractivity contribution in [1.29, 1.82) is 0 Å². The topological polar surface area (TPSA) is 127 Å². The van der Waals surface area contributed by atoms with E-state index in [1.165, 1.54) is 0 Å². The molecule has 1 aliphatic carbocycles. The van der Waals surface area contributed by atoms with Crippen molar-refractivity contribution in [2.75, 3.05) is 21.3 Å². The number of carbonyl (C=O) groups excluding carboxylic acids is 4. The monoisotopic (exact) mass is 828 g/mol. The third kappa shape index (κ3) is 6.66. The Morgan fingerprint density at radius 3 is 1.24 bits per heavy atom. The van der Waals surface area contributed by atoms with E-state index in [1.54, 1.807) is 0 Å². The minimum atomic E-state index is -5.35. The number of benzene rings is 4. The van der Waals surface area contributed by atoms with Crippen molar-refractivity contribution in [3.05, 3.63) is 95.1 Å². The Labute approximate surface area is 318 Å². The highest BCUT2D eigenvalue weighted by Gasteiger charge is 2.62. The number of fused-ring (bicyclic) bond motifs is 5. The minimum absolute atomic E-state index is 0.286. The van der Waals surface area contributed by atoms with E-state index in [2.05, 4.69) is 0 Å². The summed E-state index contributed by atoms with van der Waals surface area (Å²) in [5.41, 5.74) is -1.43. The van der Waals surface area contributed by atoms with Crippen LogP contribution in [0.25, 0.3) is 22.3 Å². The number of rotatable bonds is 4. The normalized spacial score (nSPS) is 21.5. The van der Waals surface area contributed by atoms with Crippen molar-refractivity contribution >= 4 is 46.4 Å². The van der Waals surface area contributed by atoms with E-state index >= 15 is 0 Å². The number of hydrogen-bond donors (Lipinski definition) is 2. The number of carbonyl (C=O) groups is 4. The number of piperidine rings is 2. The smallest absolute Gasteiger partial charge is 0.399 e. The number of anilines is 4. The maximum absolute atomic E-state index is 14.5. The van der Waals surface area contributed by atoms with Crippen LogP contribution < -0.4 is 21.3 Å². The first-order valence-electron chi connectivity index (χ1n) is 16.9. The van der Waals surface area contributed by atoms with Crippen LogP contribution in [0.4, 0.5) is 75.4 Å². The Hall–Kier alpha value is -6.08. The lowest BCUT2D eigenvalue weighted by molar-refractivity contribution is -0.139. The highest BCUT2D eigenvalue weighted by Crippen LogP contribution is 2.54. The lowest BCUT2D eigenvalue weighted by Gasteiger charge is -2.35. The first-order chi connectivity index (χ1) is 26.8. The molecule has 4 aromatic rings. The van der Waals surface area contributed by atoms with Gasteiger partial charge in [-0.1, -0.05) is 24.3 Å². The van der Waals surface area contributed by atoms with Crippen LogP contribution in [-0.4, -0.2) is 23.6 Å². The number of nitrogens with zero attached hydrogens (tertiary/aromatic N) is 2. The molecular weight excluding hydrogens is 804 g/mol. The number of halogens is 12. The predicted molar refractivity (Wildman–Crippen MR) is 181 cm³/mol. The molecule has 4 N–H and O–H groups in total. The van der Waals surface area contributed by atoms with Crippen molar-refractivity contribution in [2.24, 2.45) is 23.7 Å². The zero-order valence-corrected chi connectivity index (χ0v) is 28.9. The van der Waals surface area contributed by atoms with Crippen LogP contribution >= 0.6 is 0 Å². The van der Waals surface area contributed by atoms with Gasteiger partial charge in [-0.25, -0.2) is 0 Å². The first-order valence-corrected chi connectivity index (χ1v) is 16.9. The summed E-state index contributed by atoms with van der Waals surface area (Å²) < 4.78 is 170. The minimum Gasteiger partial charge on any atom is -0.399 e. The Balaban J connectivity index is 1.26. The summed E-state index contributed by atoms with van der Waals surface area (Å²) in [5.74, 6) is -10.3. The summed E-state index contributed by atoms with van der Waals surface area (Å²) in [7, 11) is 0. The van der Waals surface area contributed by atoms with E-state index in [4.69, 9.17) is 11.5 Å². The Bertz CT molecular complexity index is 2420. The molecule has 4 aromatic carbocycles. The summed E-state index contributed by atoms with van der Waals surface area (Å²) in [6, 6.07) is 7.63. The molecule has 2 bridgehead atoms. The Morgan fingerprint density at radius 1 is 0.466 bits per heavy atom. The molecule has 7 rings (SSSR count). The van der Waals surface area contributed by atoms with Gasteiger partial charge in [0.1, 0.15) is 0 Å². The molecule has 58 heavy (non-hydrogen) atoms. The fraction of sp³-hybridized carbons (Fsp3) is 0.263. The van der Waals surface area contributed by atoms with Crippen LogP contribution in [-0.2, 0) is 43.9 Å². The quantitative estimate of drug-likeness (QED) is 0.120. The molecule has 4 amide bonds. The number of amides is 4. The van der Waals surface area contributed by atoms with E-state index in [0.29, 0.717) is 40.1 Å². The molecule has 3 aliphatic rings. The molecule has 1 saturated carbocycles. The predicted octanol–water partition coefficient (Wildman–Crippen LogP) is 8.97. The molecular formula is C38H24F12N4O4. The Morgan fingerprint density at radius 2 is 0.828 bits per heavy atom. The number of nitrogens with two attached hydrogens (primary N) is 2. The highest BCUT2D eigenvalue weighted by atomic mass is 19.4. The average Bonchev–Trinajstić information content (AvgIpc) is 3.46. The number of hydrogen-bond acceptors (Lipinski definition) is 6. The number of alkyl halides is 12. The molecule has 8 nitrogen and oxygen atoms in total.